The molecular weight excluding hydrogens is 517 g/mol. The predicted molar refractivity (Wildman–Crippen MR) is 123 cm³/mol. The fraction of sp³-hybridized carbons (Fsp3) is 0.143. The third-order valence-electron chi connectivity index (χ3n) is 4.07. The number of H-pyrrole nitrogens is 1. The zero-order chi connectivity index (χ0) is 22.4. The van der Waals surface area contributed by atoms with Gasteiger partial charge in [0.2, 0.25) is 0 Å². The maximum absolute atomic E-state index is 11.8. The maximum Gasteiger partial charge on any atom is 0.395 e. The average molecular weight is 535 g/mol. The van der Waals surface area contributed by atoms with Crippen molar-refractivity contribution in [3.05, 3.63) is 83.5 Å². The molecular formula is C21H18IN3O6. The standard InChI is InChI=1S/C21H18IN3O6/c1-2-30-16-11-14(8-9-17-23-20(26)18(25(28)29)21(27)24-17)10-15(22)19(16)31-12-13-6-4-3-5-7-13/h3-11H,2,12H2,1H3,(H2,23,24,26,27)/b9-8+. The lowest BCUT2D eigenvalue weighted by Crippen LogP contribution is -2.14. The Morgan fingerprint density at radius 2 is 1.97 bits per heavy atom. The Morgan fingerprint density at radius 3 is 2.61 bits per heavy atom. The number of rotatable bonds is 8. The van der Waals surface area contributed by atoms with Crippen LogP contribution in [0.25, 0.3) is 12.2 Å². The van der Waals surface area contributed by atoms with Gasteiger partial charge in [0.1, 0.15) is 12.4 Å². The van der Waals surface area contributed by atoms with Crippen LogP contribution in [0.2, 0.25) is 0 Å². The highest BCUT2D eigenvalue weighted by molar-refractivity contribution is 14.1. The Hall–Kier alpha value is -3.41. The van der Waals surface area contributed by atoms with E-state index in [-0.39, 0.29) is 5.82 Å². The van der Waals surface area contributed by atoms with Crippen molar-refractivity contribution in [2.24, 2.45) is 0 Å². The number of nitro groups is 1. The second kappa shape index (κ2) is 10.1. The van der Waals surface area contributed by atoms with Crippen molar-refractivity contribution in [2.45, 2.75) is 13.5 Å². The molecule has 0 aliphatic heterocycles. The van der Waals surface area contributed by atoms with Gasteiger partial charge >= 0.3 is 11.2 Å². The van der Waals surface area contributed by atoms with Crippen LogP contribution in [0.5, 0.6) is 17.4 Å². The van der Waals surface area contributed by atoms with Crippen molar-refractivity contribution in [2.75, 3.05) is 6.61 Å². The first-order valence-corrected chi connectivity index (χ1v) is 10.3. The first-order chi connectivity index (χ1) is 14.9. The van der Waals surface area contributed by atoms with Crippen LogP contribution in [0.3, 0.4) is 0 Å². The minimum atomic E-state index is -1.04. The molecule has 9 nitrogen and oxygen atoms in total. The van der Waals surface area contributed by atoms with Crippen LogP contribution >= 0.6 is 22.6 Å². The summed E-state index contributed by atoms with van der Waals surface area (Å²) in [6.45, 7) is 2.69. The first kappa shape index (κ1) is 22.3. The Morgan fingerprint density at radius 1 is 1.23 bits per heavy atom. The smallest absolute Gasteiger partial charge is 0.395 e. The number of benzene rings is 2. The van der Waals surface area contributed by atoms with E-state index in [1.54, 1.807) is 12.1 Å². The molecule has 0 aliphatic carbocycles. The predicted octanol–water partition coefficient (Wildman–Crippen LogP) is 4.14. The lowest BCUT2D eigenvalue weighted by molar-refractivity contribution is -0.387. The summed E-state index contributed by atoms with van der Waals surface area (Å²) in [6, 6.07) is 13.4. The van der Waals surface area contributed by atoms with E-state index in [9.17, 15) is 20.0 Å². The van der Waals surface area contributed by atoms with E-state index in [4.69, 9.17) is 9.47 Å². The van der Waals surface area contributed by atoms with Crippen LogP contribution in [-0.2, 0) is 6.61 Å². The molecule has 0 saturated carbocycles. The first-order valence-electron chi connectivity index (χ1n) is 9.18. The molecule has 1 aromatic heterocycles. The largest absolute Gasteiger partial charge is 0.490 e. The molecule has 160 valence electrons. The number of halogens is 1. The summed E-state index contributed by atoms with van der Waals surface area (Å²) in [7, 11) is 0. The van der Waals surface area contributed by atoms with Gasteiger partial charge in [0.05, 0.1) is 15.1 Å². The molecule has 3 rings (SSSR count). The molecule has 0 amide bonds. The molecule has 0 atom stereocenters. The summed E-state index contributed by atoms with van der Waals surface area (Å²) in [5.74, 6) is 0.203. The van der Waals surface area contributed by atoms with Crippen LogP contribution in [0.4, 0.5) is 5.69 Å². The molecule has 2 aromatic carbocycles. The minimum absolute atomic E-state index is 0.0227. The highest BCUT2D eigenvalue weighted by Crippen LogP contribution is 2.35. The van der Waals surface area contributed by atoms with Crippen LogP contribution < -0.4 is 15.0 Å². The lowest BCUT2D eigenvalue weighted by atomic mass is 10.2. The molecule has 31 heavy (non-hydrogen) atoms. The molecule has 0 saturated heterocycles. The number of aromatic nitrogens is 2. The number of nitrogens with one attached hydrogen (secondary N) is 1. The Bertz CT molecular complexity index is 1180. The molecule has 0 aliphatic rings. The van der Waals surface area contributed by atoms with Crippen molar-refractivity contribution in [1.82, 2.24) is 9.97 Å². The maximum atomic E-state index is 11.8. The number of hydrogen-bond acceptors (Lipinski definition) is 7. The third-order valence-corrected chi connectivity index (χ3v) is 4.87. The summed E-state index contributed by atoms with van der Waals surface area (Å²) in [6.07, 6.45) is 3.06. The SMILES string of the molecule is CCOc1cc(/C=C/c2nc(O)c([N+](=O)[O-])c(=O)[nH]2)cc(I)c1OCc1ccccc1. The van der Waals surface area contributed by atoms with Crippen molar-refractivity contribution in [1.29, 1.82) is 0 Å². The van der Waals surface area contributed by atoms with Crippen LogP contribution in [-0.4, -0.2) is 26.6 Å². The van der Waals surface area contributed by atoms with Gasteiger partial charge in [-0.2, -0.15) is 4.98 Å². The third kappa shape index (κ3) is 5.60. The summed E-state index contributed by atoms with van der Waals surface area (Å²) >= 11 is 2.14. The fourth-order valence-electron chi connectivity index (χ4n) is 2.71. The average Bonchev–Trinajstić information content (AvgIpc) is 2.72. The molecule has 3 aromatic rings. The number of aromatic hydroxyl groups is 1. The summed E-state index contributed by atoms with van der Waals surface area (Å²) < 4.78 is 12.5. The molecule has 2 N–H and O–H groups in total. The van der Waals surface area contributed by atoms with Gasteiger partial charge < -0.3 is 19.6 Å². The zero-order valence-electron chi connectivity index (χ0n) is 16.4. The molecule has 0 radical (unpaired) electrons. The summed E-state index contributed by atoms with van der Waals surface area (Å²) in [4.78, 5) is 27.5. The molecule has 0 bridgehead atoms. The van der Waals surface area contributed by atoms with Gasteiger partial charge in [0.15, 0.2) is 11.5 Å². The monoisotopic (exact) mass is 535 g/mol. The highest BCUT2D eigenvalue weighted by Gasteiger charge is 2.21. The summed E-state index contributed by atoms with van der Waals surface area (Å²) in [5.41, 5.74) is -0.283. The van der Waals surface area contributed by atoms with Gasteiger partial charge in [0, 0.05) is 0 Å². The Labute approximate surface area is 190 Å². The van der Waals surface area contributed by atoms with Gasteiger partial charge in [-0.3, -0.25) is 14.9 Å². The zero-order valence-corrected chi connectivity index (χ0v) is 18.5. The van der Waals surface area contributed by atoms with E-state index in [0.717, 1.165) is 14.7 Å². The van der Waals surface area contributed by atoms with Gasteiger partial charge in [-0.15, -0.1) is 0 Å². The van der Waals surface area contributed by atoms with Crippen LogP contribution in [0.15, 0.2) is 47.3 Å². The molecule has 1 heterocycles. The molecule has 10 heteroatoms. The van der Waals surface area contributed by atoms with E-state index in [1.807, 2.05) is 43.3 Å². The van der Waals surface area contributed by atoms with E-state index < -0.39 is 22.0 Å². The number of ether oxygens (including phenoxy) is 2. The van der Waals surface area contributed by atoms with Crippen molar-refractivity contribution < 1.29 is 19.5 Å². The van der Waals surface area contributed by atoms with E-state index in [2.05, 4.69) is 32.6 Å². The number of nitrogens with zero attached hydrogens (tertiary/aromatic N) is 2. The van der Waals surface area contributed by atoms with Gasteiger partial charge in [-0.25, -0.2) is 0 Å². The number of hydrogen-bond donors (Lipinski definition) is 2. The normalized spacial score (nSPS) is 10.9. The van der Waals surface area contributed by atoms with Crippen LogP contribution in [0.1, 0.15) is 23.9 Å². The molecule has 0 spiro atoms. The number of aromatic amines is 1. The van der Waals surface area contributed by atoms with E-state index >= 15 is 0 Å². The second-order valence-corrected chi connectivity index (χ2v) is 7.41. The van der Waals surface area contributed by atoms with E-state index in [1.165, 1.54) is 6.08 Å². The Balaban J connectivity index is 1.87. The fourth-order valence-corrected chi connectivity index (χ4v) is 3.49. The Kier molecular flexibility index (Phi) is 7.23. The van der Waals surface area contributed by atoms with Crippen LogP contribution in [0, 0.1) is 13.7 Å². The topological polar surface area (TPSA) is 128 Å². The lowest BCUT2D eigenvalue weighted by Gasteiger charge is -2.15. The van der Waals surface area contributed by atoms with Crippen molar-refractivity contribution in [3.8, 4) is 17.4 Å². The van der Waals surface area contributed by atoms with E-state index in [0.29, 0.717) is 24.7 Å². The van der Waals surface area contributed by atoms with Gasteiger partial charge in [0.25, 0.3) is 5.88 Å². The molecule has 0 fully saturated rings. The highest BCUT2D eigenvalue weighted by atomic mass is 127. The molecule has 0 unspecified atom stereocenters. The quantitative estimate of drug-likeness (QED) is 0.252. The van der Waals surface area contributed by atoms with Gasteiger partial charge in [-0.05, 0) is 58.9 Å². The minimum Gasteiger partial charge on any atom is -0.490 e. The second-order valence-electron chi connectivity index (χ2n) is 6.25. The van der Waals surface area contributed by atoms with Crippen molar-refractivity contribution >= 4 is 40.4 Å². The summed E-state index contributed by atoms with van der Waals surface area (Å²) in [5, 5.41) is 20.4. The van der Waals surface area contributed by atoms with Crippen molar-refractivity contribution in [3.63, 3.8) is 0 Å². The van der Waals surface area contributed by atoms with Gasteiger partial charge in [-0.1, -0.05) is 36.4 Å².